The predicted octanol–water partition coefficient (Wildman–Crippen LogP) is 4.61. The first-order chi connectivity index (χ1) is 9.47. The van der Waals surface area contributed by atoms with Crippen LogP contribution in [0.1, 0.15) is 24.1 Å². The van der Waals surface area contributed by atoms with E-state index in [0.717, 1.165) is 17.7 Å². The van der Waals surface area contributed by atoms with E-state index in [4.69, 9.17) is 11.6 Å². The molecule has 20 heavy (non-hydrogen) atoms. The van der Waals surface area contributed by atoms with Gasteiger partial charge in [-0.3, -0.25) is 0 Å². The molecule has 0 heterocycles. The fourth-order valence-corrected chi connectivity index (χ4v) is 2.07. The third-order valence-corrected chi connectivity index (χ3v) is 3.24. The van der Waals surface area contributed by atoms with Crippen molar-refractivity contribution in [1.29, 1.82) is 0 Å². The van der Waals surface area contributed by atoms with Crippen LogP contribution in [0.3, 0.4) is 0 Å². The molecule has 0 aliphatic heterocycles. The van der Waals surface area contributed by atoms with Crippen LogP contribution in [0.25, 0.3) is 0 Å². The summed E-state index contributed by atoms with van der Waals surface area (Å²) in [7, 11) is 0. The highest BCUT2D eigenvalue weighted by molar-refractivity contribution is 6.30. The zero-order valence-corrected chi connectivity index (χ0v) is 11.5. The number of nitrogens with one attached hydrogen (secondary N) is 1. The Labute approximate surface area is 120 Å². The van der Waals surface area contributed by atoms with E-state index in [0.29, 0.717) is 10.6 Å². The highest BCUT2D eigenvalue weighted by Crippen LogP contribution is 2.19. The van der Waals surface area contributed by atoms with E-state index in [-0.39, 0.29) is 12.6 Å². The standard InChI is InChI=1S/C15H13ClF3N/c1-9(11-3-2-4-12(16)7-11)20-8-10-5-13(17)15(19)14(18)6-10/h2-7,9,20H,8H2,1H3. The first kappa shape index (κ1) is 14.9. The van der Waals surface area contributed by atoms with Gasteiger partial charge in [-0.1, -0.05) is 23.7 Å². The van der Waals surface area contributed by atoms with Crippen molar-refractivity contribution in [3.63, 3.8) is 0 Å². The molecule has 2 rings (SSSR count). The second-order valence-corrected chi connectivity index (χ2v) is 4.97. The fraction of sp³-hybridized carbons (Fsp3) is 0.200. The maximum absolute atomic E-state index is 13.1. The Bertz CT molecular complexity index is 593. The highest BCUT2D eigenvalue weighted by atomic mass is 35.5. The second-order valence-electron chi connectivity index (χ2n) is 4.53. The quantitative estimate of drug-likeness (QED) is 0.813. The topological polar surface area (TPSA) is 12.0 Å². The van der Waals surface area contributed by atoms with Crippen molar-refractivity contribution >= 4 is 11.6 Å². The Hall–Kier alpha value is -1.52. The monoisotopic (exact) mass is 299 g/mol. The Morgan fingerprint density at radius 2 is 1.75 bits per heavy atom. The smallest absolute Gasteiger partial charge is 0.194 e. The minimum atomic E-state index is -1.45. The molecule has 1 N–H and O–H groups in total. The van der Waals surface area contributed by atoms with Gasteiger partial charge in [0.2, 0.25) is 0 Å². The normalized spacial score (nSPS) is 12.4. The third kappa shape index (κ3) is 3.52. The summed E-state index contributed by atoms with van der Waals surface area (Å²) >= 11 is 5.90. The van der Waals surface area contributed by atoms with Crippen LogP contribution < -0.4 is 5.32 Å². The number of benzene rings is 2. The Morgan fingerprint density at radius 3 is 2.35 bits per heavy atom. The zero-order chi connectivity index (χ0) is 14.7. The summed E-state index contributed by atoms with van der Waals surface area (Å²) in [5.41, 5.74) is 1.30. The van der Waals surface area contributed by atoms with Gasteiger partial charge in [0.25, 0.3) is 0 Å². The van der Waals surface area contributed by atoms with Gasteiger partial charge >= 0.3 is 0 Å². The van der Waals surface area contributed by atoms with Gasteiger partial charge in [0.15, 0.2) is 17.5 Å². The van der Waals surface area contributed by atoms with Crippen LogP contribution in [0.5, 0.6) is 0 Å². The van der Waals surface area contributed by atoms with Crippen LogP contribution in [0, 0.1) is 17.5 Å². The molecule has 1 unspecified atom stereocenters. The van der Waals surface area contributed by atoms with Crippen molar-refractivity contribution in [2.24, 2.45) is 0 Å². The Balaban J connectivity index is 2.05. The second kappa shape index (κ2) is 6.29. The summed E-state index contributed by atoms with van der Waals surface area (Å²) in [5.74, 6) is -3.81. The van der Waals surface area contributed by atoms with Crippen molar-refractivity contribution in [2.45, 2.75) is 19.5 Å². The van der Waals surface area contributed by atoms with Crippen molar-refractivity contribution in [2.75, 3.05) is 0 Å². The molecule has 0 aromatic heterocycles. The van der Waals surface area contributed by atoms with E-state index in [1.165, 1.54) is 0 Å². The molecule has 5 heteroatoms. The first-order valence-electron chi connectivity index (χ1n) is 6.09. The van der Waals surface area contributed by atoms with Crippen molar-refractivity contribution in [3.05, 3.63) is 70.0 Å². The third-order valence-electron chi connectivity index (χ3n) is 3.00. The van der Waals surface area contributed by atoms with Gasteiger partial charge < -0.3 is 5.32 Å². The molecule has 1 atom stereocenters. The zero-order valence-electron chi connectivity index (χ0n) is 10.8. The molecule has 0 aliphatic carbocycles. The maximum Gasteiger partial charge on any atom is 0.194 e. The molecule has 106 valence electrons. The van der Waals surface area contributed by atoms with E-state index in [9.17, 15) is 13.2 Å². The molecule has 2 aromatic carbocycles. The van der Waals surface area contributed by atoms with Gasteiger partial charge in [0.1, 0.15) is 0 Å². The van der Waals surface area contributed by atoms with E-state index in [1.807, 2.05) is 25.1 Å². The summed E-state index contributed by atoms with van der Waals surface area (Å²) in [6.45, 7) is 2.13. The minimum Gasteiger partial charge on any atom is -0.306 e. The Morgan fingerprint density at radius 1 is 1.10 bits per heavy atom. The lowest BCUT2D eigenvalue weighted by Crippen LogP contribution is -2.18. The van der Waals surface area contributed by atoms with Crippen LogP contribution in [-0.2, 0) is 6.54 Å². The molecule has 0 fully saturated rings. The van der Waals surface area contributed by atoms with Crippen LogP contribution in [0.4, 0.5) is 13.2 Å². The molecule has 0 spiro atoms. The van der Waals surface area contributed by atoms with Gasteiger partial charge in [0.05, 0.1) is 0 Å². The van der Waals surface area contributed by atoms with Gasteiger partial charge in [-0.2, -0.15) is 0 Å². The van der Waals surface area contributed by atoms with Gasteiger partial charge in [0, 0.05) is 17.6 Å². The highest BCUT2D eigenvalue weighted by Gasteiger charge is 2.11. The van der Waals surface area contributed by atoms with Crippen molar-refractivity contribution in [3.8, 4) is 0 Å². The molecular weight excluding hydrogens is 287 g/mol. The van der Waals surface area contributed by atoms with Gasteiger partial charge in [-0.05, 0) is 42.3 Å². The SMILES string of the molecule is CC(NCc1cc(F)c(F)c(F)c1)c1cccc(Cl)c1. The summed E-state index contributed by atoms with van der Waals surface area (Å²) < 4.78 is 39.0. The molecule has 0 bridgehead atoms. The van der Waals surface area contributed by atoms with Gasteiger partial charge in [-0.15, -0.1) is 0 Å². The summed E-state index contributed by atoms with van der Waals surface area (Å²) in [6, 6.07) is 9.22. The van der Waals surface area contributed by atoms with Crippen LogP contribution in [-0.4, -0.2) is 0 Å². The van der Waals surface area contributed by atoms with Crippen LogP contribution >= 0.6 is 11.6 Å². The molecule has 0 saturated heterocycles. The average molecular weight is 300 g/mol. The number of hydrogen-bond donors (Lipinski definition) is 1. The summed E-state index contributed by atoms with van der Waals surface area (Å²) in [5, 5.41) is 3.72. The molecule has 1 nitrogen and oxygen atoms in total. The van der Waals surface area contributed by atoms with E-state index < -0.39 is 17.5 Å². The lowest BCUT2D eigenvalue weighted by molar-refractivity contribution is 0.443. The Kier molecular flexibility index (Phi) is 4.68. The predicted molar refractivity (Wildman–Crippen MR) is 73.0 cm³/mol. The fourth-order valence-electron chi connectivity index (χ4n) is 1.87. The van der Waals surface area contributed by atoms with Crippen LogP contribution in [0.2, 0.25) is 5.02 Å². The molecule has 2 aromatic rings. The first-order valence-corrected chi connectivity index (χ1v) is 6.47. The summed E-state index contributed by atoms with van der Waals surface area (Å²) in [6.07, 6.45) is 0. The molecular formula is C15H13ClF3N. The van der Waals surface area contributed by atoms with E-state index >= 15 is 0 Å². The van der Waals surface area contributed by atoms with E-state index in [2.05, 4.69) is 5.32 Å². The molecule has 0 radical (unpaired) electrons. The molecule has 0 amide bonds. The lowest BCUT2D eigenvalue weighted by Gasteiger charge is -2.15. The lowest BCUT2D eigenvalue weighted by atomic mass is 10.1. The largest absolute Gasteiger partial charge is 0.306 e. The number of hydrogen-bond acceptors (Lipinski definition) is 1. The summed E-state index contributed by atoms with van der Waals surface area (Å²) in [4.78, 5) is 0. The molecule has 0 saturated carbocycles. The van der Waals surface area contributed by atoms with Crippen molar-refractivity contribution < 1.29 is 13.2 Å². The number of halogens is 4. The van der Waals surface area contributed by atoms with Gasteiger partial charge in [-0.25, -0.2) is 13.2 Å². The van der Waals surface area contributed by atoms with E-state index in [1.54, 1.807) is 6.07 Å². The molecule has 0 aliphatic rings. The maximum atomic E-state index is 13.1. The van der Waals surface area contributed by atoms with Crippen LogP contribution in [0.15, 0.2) is 36.4 Å². The number of rotatable bonds is 4. The minimum absolute atomic E-state index is 0.0510. The van der Waals surface area contributed by atoms with Crippen molar-refractivity contribution in [1.82, 2.24) is 5.32 Å². The average Bonchev–Trinajstić information content (AvgIpc) is 2.42.